The number of carbonyl (C=O) groups excluding carboxylic acids is 16. The van der Waals surface area contributed by atoms with Gasteiger partial charge in [-0.05, 0) is 93.2 Å². The van der Waals surface area contributed by atoms with Crippen LogP contribution in [0.4, 0.5) is 4.39 Å². The van der Waals surface area contributed by atoms with Gasteiger partial charge in [-0.1, -0.05) is 174 Å². The molecule has 3 aromatic carbocycles. The number of aryl methyl sites for hydroxylation is 3. The summed E-state index contributed by atoms with van der Waals surface area (Å²) in [4.78, 5) is 183. The maximum absolute atomic E-state index is 13.4. The number of nitrogens with two attached hydrogens (primary N) is 1. The van der Waals surface area contributed by atoms with Gasteiger partial charge in [-0.3, -0.25) is 76.7 Å². The number of aliphatic hydroxyl groups is 12. The van der Waals surface area contributed by atoms with Crippen molar-refractivity contribution >= 4 is 93.4 Å². The Balaban J connectivity index is 0. The first-order valence-corrected chi connectivity index (χ1v) is 41.7. The van der Waals surface area contributed by atoms with E-state index in [2.05, 4.69) is 31.9 Å². The second-order valence-corrected chi connectivity index (χ2v) is 34.5. The average molecular weight is 1800 g/mol. The average Bonchev–Trinajstić information content (AvgIpc) is 1.78. The number of carbonyl (C=O) groups is 16. The molecular formula is C91H138FN7O28. The molecule has 35 nitrogen and oxygen atoms in total. The van der Waals surface area contributed by atoms with Crippen molar-refractivity contribution in [2.45, 2.75) is 235 Å². The van der Waals surface area contributed by atoms with E-state index >= 15 is 0 Å². The Morgan fingerprint density at radius 3 is 1.02 bits per heavy atom. The number of amides is 7. The van der Waals surface area contributed by atoms with E-state index in [0.29, 0.717) is 50.8 Å². The smallest absolute Gasteiger partial charge is 0.287 e. The van der Waals surface area contributed by atoms with Gasteiger partial charge >= 0.3 is 0 Å². The molecule has 1 fully saturated rings. The summed E-state index contributed by atoms with van der Waals surface area (Å²) in [6.45, 7) is 18.8. The fraction of sp³-hybridized carbons (Fsp3) is 0.582. The van der Waals surface area contributed by atoms with Gasteiger partial charge in [0, 0.05) is 123 Å². The largest absolute Gasteiger partial charge is 0.396 e. The highest BCUT2D eigenvalue weighted by Gasteiger charge is 2.38. The molecule has 20 N–H and O–H groups in total. The SMILES string of the molecule is CC(=O)/C=C/CCNC(=O)[C@H](O)C(C)(C)CO.CC(C)(CO)[C@@H](O)C(=O)CCCC(=O)C(=O)NC1CC1.CC(C)(CO)[C@@H](O)C(=O)NCC/C=C/C(=O)CCc1ccccc1.CC(C)(CO)[C@@H](O)C(=O)NCCC(=O)C(=O)CCc1ccccc1.CC(C)(CO)[C@@H](O)C(=O)NCCC(=O)C(=O)CCc1ccccc1F.CC(C)(CO)[C@@H](O)C(=O)NCCC(=O)C(N)=O. The first kappa shape index (κ1) is 119. The van der Waals surface area contributed by atoms with Crippen molar-refractivity contribution in [3.63, 3.8) is 0 Å². The van der Waals surface area contributed by atoms with E-state index in [1.54, 1.807) is 85.7 Å². The van der Waals surface area contributed by atoms with E-state index in [4.69, 9.17) is 36.4 Å². The Morgan fingerprint density at radius 1 is 0.378 bits per heavy atom. The molecule has 6 atom stereocenters. The van der Waals surface area contributed by atoms with Gasteiger partial charge in [0.2, 0.25) is 41.1 Å². The van der Waals surface area contributed by atoms with Gasteiger partial charge in [0.25, 0.3) is 11.8 Å². The second-order valence-electron chi connectivity index (χ2n) is 34.5. The van der Waals surface area contributed by atoms with Crippen molar-refractivity contribution in [2.24, 2.45) is 38.2 Å². The van der Waals surface area contributed by atoms with Crippen LogP contribution < -0.4 is 37.6 Å². The highest BCUT2D eigenvalue weighted by Crippen LogP contribution is 2.26. The number of rotatable bonds is 53. The zero-order valence-electron chi connectivity index (χ0n) is 75.4. The van der Waals surface area contributed by atoms with Crippen LogP contribution in [0.1, 0.15) is 190 Å². The highest BCUT2D eigenvalue weighted by atomic mass is 19.1. The third kappa shape index (κ3) is 50.3. The molecule has 0 aromatic heterocycles. The Bertz CT molecular complexity index is 4050. The van der Waals surface area contributed by atoms with Crippen molar-refractivity contribution in [3.8, 4) is 0 Å². The number of Topliss-reactive ketones (excluding diaryl/α,β-unsaturated/α-hetero) is 7. The zero-order valence-corrected chi connectivity index (χ0v) is 75.4. The fourth-order valence-electron chi connectivity index (χ4n) is 9.83. The molecular weight excluding hydrogens is 1660 g/mol. The van der Waals surface area contributed by atoms with Crippen LogP contribution >= 0.6 is 0 Å². The topological polar surface area (TPSA) is 614 Å². The van der Waals surface area contributed by atoms with Crippen LogP contribution in [0.5, 0.6) is 0 Å². The summed E-state index contributed by atoms with van der Waals surface area (Å²) < 4.78 is 13.4. The van der Waals surface area contributed by atoms with E-state index in [1.807, 2.05) is 60.7 Å². The summed E-state index contributed by atoms with van der Waals surface area (Å²) in [6.07, 6.45) is 2.79. The summed E-state index contributed by atoms with van der Waals surface area (Å²) in [6, 6.07) is 25.4. The number of benzene rings is 3. The number of primary amides is 1. The molecule has 0 bridgehead atoms. The Kier molecular flexibility index (Phi) is 57.5. The van der Waals surface area contributed by atoms with Crippen LogP contribution in [0.15, 0.2) is 109 Å². The number of ketones is 9. The third-order valence-corrected chi connectivity index (χ3v) is 19.7. The van der Waals surface area contributed by atoms with Gasteiger partial charge in [-0.15, -0.1) is 0 Å². The summed E-state index contributed by atoms with van der Waals surface area (Å²) in [5.74, 6) is -9.22. The maximum atomic E-state index is 13.4. The number of aliphatic hydroxyl groups excluding tert-OH is 12. The predicted octanol–water partition coefficient (Wildman–Crippen LogP) is 0.952. The summed E-state index contributed by atoms with van der Waals surface area (Å²) in [5, 5.41) is 128. The molecule has 1 aliphatic rings. The molecule has 0 heterocycles. The van der Waals surface area contributed by atoms with Gasteiger partial charge in [0.15, 0.2) is 40.5 Å². The Labute approximate surface area is 742 Å². The minimum absolute atomic E-state index is 0.00341. The van der Waals surface area contributed by atoms with E-state index in [-0.39, 0.29) is 135 Å². The molecule has 127 heavy (non-hydrogen) atoms. The quantitative estimate of drug-likeness (QED) is 0.0212. The molecule has 0 saturated heterocycles. The van der Waals surface area contributed by atoms with Gasteiger partial charge in [0.05, 0.1) is 39.6 Å². The number of allylic oxidation sites excluding steroid dienone is 2. The zero-order chi connectivity index (χ0) is 97.7. The van der Waals surface area contributed by atoms with E-state index in [9.17, 15) is 112 Å². The lowest BCUT2D eigenvalue weighted by Crippen LogP contribution is -2.46. The normalized spacial score (nSPS) is 13.5. The Morgan fingerprint density at radius 2 is 0.685 bits per heavy atom. The first-order valence-electron chi connectivity index (χ1n) is 41.7. The van der Waals surface area contributed by atoms with Crippen molar-refractivity contribution in [1.82, 2.24) is 31.9 Å². The van der Waals surface area contributed by atoms with Gasteiger partial charge in [-0.25, -0.2) is 4.39 Å². The van der Waals surface area contributed by atoms with E-state index in [1.165, 1.54) is 52.8 Å². The highest BCUT2D eigenvalue weighted by molar-refractivity contribution is 6.38. The molecule has 0 aliphatic heterocycles. The maximum Gasteiger partial charge on any atom is 0.287 e. The van der Waals surface area contributed by atoms with Crippen LogP contribution in [0.2, 0.25) is 0 Å². The molecule has 0 spiro atoms. The van der Waals surface area contributed by atoms with E-state index < -0.39 is 157 Å². The van der Waals surface area contributed by atoms with Crippen molar-refractivity contribution in [3.05, 3.63) is 132 Å². The minimum atomic E-state index is -1.43. The molecule has 1 aliphatic carbocycles. The van der Waals surface area contributed by atoms with Gasteiger partial charge in [-0.2, -0.15) is 0 Å². The van der Waals surface area contributed by atoms with Crippen LogP contribution in [0, 0.1) is 38.3 Å². The minimum Gasteiger partial charge on any atom is -0.396 e. The molecule has 1 saturated carbocycles. The van der Waals surface area contributed by atoms with Crippen molar-refractivity contribution in [2.75, 3.05) is 72.4 Å². The molecule has 0 radical (unpaired) electrons. The van der Waals surface area contributed by atoms with Crippen LogP contribution in [-0.2, 0) is 96.0 Å². The first-order chi connectivity index (χ1) is 59.1. The molecule has 0 unspecified atom stereocenters. The summed E-state index contributed by atoms with van der Waals surface area (Å²) in [7, 11) is 0. The van der Waals surface area contributed by atoms with Crippen molar-refractivity contribution in [1.29, 1.82) is 0 Å². The van der Waals surface area contributed by atoms with Crippen molar-refractivity contribution < 1.29 is 142 Å². The standard InChI is InChI=1S/C19H27NO4.C18H24FNO5.C18H25NO5.C14H23NO5.C12H21NO4.C10H18N2O5/c1-19(2,14-21)17(23)18(24)20-13-7-6-10-16(22)12-11-15-8-4-3-5-9-15;1-18(2,11-21)16(24)17(25)20-10-9-15(23)14(22)8-7-12-5-3-4-6-13(12)19;1-18(2,12-20)16(23)17(24)19-11-10-15(22)14(21)9-8-13-6-4-3-5-7-13;1-14(2,8-16)12(19)10(17)4-3-5-11(18)13(20)15-9-6-7-9;1-9(15)6-4-5-7-13-11(17)10(16)12(2,3)8-14;1-10(2,5-13)7(15)9(17)12-4-3-6(14)8(11)16/h3-6,8-10,17,21,23H,7,11-14H2,1-2H3,(H,20,24);3-6,16,21,24H,7-11H2,1-2H3,(H,20,25);3-7,16,20,23H,8-12H2,1-2H3,(H,19,24);9,12,16,19H,3-8H2,1-2H3,(H,15,20);4,6,10,14,16H,5,7-8H2,1-3H3,(H,13,17);7,13,15H,3-5H2,1-2H3,(H2,11,16)(H,12,17)/b10-6+;;;;6-4+;/t17-;2*16-;12-;10-;7-/m000000/s1. The molecule has 3 aromatic rings. The lowest BCUT2D eigenvalue weighted by Gasteiger charge is -2.27. The van der Waals surface area contributed by atoms with Gasteiger partial charge in [0.1, 0.15) is 42.4 Å². The fourth-order valence-corrected chi connectivity index (χ4v) is 9.83. The van der Waals surface area contributed by atoms with Crippen LogP contribution in [0.25, 0.3) is 0 Å². The molecule has 712 valence electrons. The van der Waals surface area contributed by atoms with Crippen LogP contribution in [0.3, 0.4) is 0 Å². The lowest BCUT2D eigenvalue weighted by molar-refractivity contribution is -0.139. The number of halogens is 1. The molecule has 36 heteroatoms. The number of hydrogen-bond acceptors (Lipinski definition) is 28. The Hall–Kier alpha value is -10.1. The third-order valence-electron chi connectivity index (χ3n) is 19.7. The lowest BCUT2D eigenvalue weighted by atomic mass is 9.84. The van der Waals surface area contributed by atoms with Crippen LogP contribution in [-0.4, -0.2) is 270 Å². The number of hydrogen-bond donors (Lipinski definition) is 19. The number of nitrogens with one attached hydrogen (secondary N) is 6. The predicted molar refractivity (Wildman–Crippen MR) is 467 cm³/mol. The second kappa shape index (κ2) is 61.4. The van der Waals surface area contributed by atoms with Gasteiger partial charge < -0.3 is 98.9 Å². The monoisotopic (exact) mass is 1800 g/mol. The summed E-state index contributed by atoms with van der Waals surface area (Å²) in [5.41, 5.74) is 1.61. The molecule has 4 rings (SSSR count). The molecule has 7 amide bonds. The van der Waals surface area contributed by atoms with E-state index in [0.717, 1.165) is 24.0 Å². The summed E-state index contributed by atoms with van der Waals surface area (Å²) >= 11 is 0.